The Morgan fingerprint density at radius 1 is 1.03 bits per heavy atom. The first-order valence-electron chi connectivity index (χ1n) is 9.60. The lowest BCUT2D eigenvalue weighted by molar-refractivity contribution is -0.119. The van der Waals surface area contributed by atoms with Gasteiger partial charge in [-0.25, -0.2) is 0 Å². The van der Waals surface area contributed by atoms with Gasteiger partial charge in [0.25, 0.3) is 5.78 Å². The SMILES string of the molecule is C=CCC12C=C(OC)C(=O)C(OC)=C1OC(C)C2c1cc(OC)c(OC)c(OC)c1. The van der Waals surface area contributed by atoms with Crippen molar-refractivity contribution in [3.05, 3.63) is 53.7 Å². The Morgan fingerprint density at radius 2 is 1.67 bits per heavy atom. The molecule has 0 saturated carbocycles. The molecule has 3 rings (SSSR count). The second kappa shape index (κ2) is 8.34. The lowest BCUT2D eigenvalue weighted by atomic mass is 9.66. The molecule has 30 heavy (non-hydrogen) atoms. The van der Waals surface area contributed by atoms with Gasteiger partial charge in [0.05, 0.1) is 41.0 Å². The van der Waals surface area contributed by atoms with Crippen LogP contribution in [-0.2, 0) is 19.0 Å². The van der Waals surface area contributed by atoms with Crippen LogP contribution in [0.3, 0.4) is 0 Å². The summed E-state index contributed by atoms with van der Waals surface area (Å²) in [5, 5.41) is 0. The fourth-order valence-electron chi connectivity index (χ4n) is 4.56. The van der Waals surface area contributed by atoms with E-state index in [-0.39, 0.29) is 29.3 Å². The van der Waals surface area contributed by atoms with Crippen molar-refractivity contribution < 1.29 is 33.2 Å². The van der Waals surface area contributed by atoms with Crippen LogP contribution in [0, 0.1) is 5.41 Å². The summed E-state index contributed by atoms with van der Waals surface area (Å²) in [7, 11) is 7.64. The normalized spacial score (nSPS) is 25.1. The van der Waals surface area contributed by atoms with Crippen LogP contribution in [0.2, 0.25) is 0 Å². The van der Waals surface area contributed by atoms with Crippen LogP contribution in [0.1, 0.15) is 24.8 Å². The van der Waals surface area contributed by atoms with Gasteiger partial charge in [0.2, 0.25) is 11.5 Å². The molecule has 7 nitrogen and oxygen atoms in total. The Balaban J connectivity index is 2.29. The number of benzene rings is 1. The van der Waals surface area contributed by atoms with Crippen molar-refractivity contribution in [3.8, 4) is 17.2 Å². The number of rotatable bonds is 8. The summed E-state index contributed by atoms with van der Waals surface area (Å²) in [6.07, 6.45) is 3.88. The Kier molecular flexibility index (Phi) is 6.01. The average Bonchev–Trinajstić information content (AvgIpc) is 3.03. The van der Waals surface area contributed by atoms with Gasteiger partial charge in [0, 0.05) is 5.92 Å². The Bertz CT molecular complexity index is 889. The lowest BCUT2D eigenvalue weighted by Crippen LogP contribution is -2.33. The number of ether oxygens (including phenoxy) is 6. The van der Waals surface area contributed by atoms with Crippen LogP contribution in [0.25, 0.3) is 0 Å². The highest BCUT2D eigenvalue weighted by molar-refractivity contribution is 6.07. The van der Waals surface area contributed by atoms with Crippen LogP contribution >= 0.6 is 0 Å². The summed E-state index contributed by atoms with van der Waals surface area (Å²) in [4.78, 5) is 12.8. The van der Waals surface area contributed by atoms with Gasteiger partial charge in [-0.2, -0.15) is 0 Å². The molecule has 1 aliphatic carbocycles. The van der Waals surface area contributed by atoms with Gasteiger partial charge in [-0.3, -0.25) is 4.79 Å². The maximum Gasteiger partial charge on any atom is 0.265 e. The number of hydrogen-bond donors (Lipinski definition) is 0. The van der Waals surface area contributed by atoms with Gasteiger partial charge in [0.15, 0.2) is 23.0 Å². The molecule has 1 heterocycles. The van der Waals surface area contributed by atoms with E-state index >= 15 is 0 Å². The number of carbonyl (C=O) groups is 1. The first-order valence-corrected chi connectivity index (χ1v) is 9.60. The molecule has 3 atom stereocenters. The van der Waals surface area contributed by atoms with Gasteiger partial charge < -0.3 is 28.4 Å². The number of methoxy groups -OCH3 is 5. The molecule has 1 saturated heterocycles. The highest BCUT2D eigenvalue weighted by Crippen LogP contribution is 2.59. The van der Waals surface area contributed by atoms with Crippen LogP contribution < -0.4 is 14.2 Å². The molecule has 1 fully saturated rings. The summed E-state index contributed by atoms with van der Waals surface area (Å²) in [5.41, 5.74) is 0.196. The summed E-state index contributed by atoms with van der Waals surface area (Å²) >= 11 is 0. The highest BCUT2D eigenvalue weighted by Gasteiger charge is 2.57. The molecule has 0 amide bonds. The number of Topliss-reactive ketones (excluding diaryl/α,β-unsaturated/α-hetero) is 1. The van der Waals surface area contributed by atoms with Crippen molar-refractivity contribution in [3.63, 3.8) is 0 Å². The maximum absolute atomic E-state index is 12.8. The second-order valence-electron chi connectivity index (χ2n) is 7.20. The zero-order valence-electron chi connectivity index (χ0n) is 18.2. The molecule has 0 bridgehead atoms. The predicted octanol–water partition coefficient (Wildman–Crippen LogP) is 3.75. The van der Waals surface area contributed by atoms with Crippen LogP contribution in [0.5, 0.6) is 17.2 Å². The zero-order chi connectivity index (χ0) is 22.1. The van der Waals surface area contributed by atoms with Gasteiger partial charge in [0.1, 0.15) is 6.10 Å². The third-order valence-electron chi connectivity index (χ3n) is 5.73. The molecule has 0 spiro atoms. The van der Waals surface area contributed by atoms with Crippen LogP contribution in [0.4, 0.5) is 0 Å². The molecule has 1 aromatic rings. The smallest absolute Gasteiger partial charge is 0.265 e. The third-order valence-corrected chi connectivity index (χ3v) is 5.73. The first-order chi connectivity index (χ1) is 14.4. The Labute approximate surface area is 176 Å². The number of ketones is 1. The fourth-order valence-corrected chi connectivity index (χ4v) is 4.56. The molecule has 0 radical (unpaired) electrons. The monoisotopic (exact) mass is 416 g/mol. The molecule has 0 N–H and O–H groups in total. The van der Waals surface area contributed by atoms with Crippen molar-refractivity contribution in [1.82, 2.24) is 0 Å². The van der Waals surface area contributed by atoms with E-state index in [1.807, 2.05) is 25.1 Å². The highest BCUT2D eigenvalue weighted by atomic mass is 16.5. The molecule has 3 unspecified atom stereocenters. The molecule has 2 aliphatic rings. The topological polar surface area (TPSA) is 72.5 Å². The van der Waals surface area contributed by atoms with Gasteiger partial charge in [-0.1, -0.05) is 6.08 Å². The second-order valence-corrected chi connectivity index (χ2v) is 7.20. The largest absolute Gasteiger partial charge is 0.493 e. The van der Waals surface area contributed by atoms with Crippen LogP contribution in [-0.4, -0.2) is 47.4 Å². The van der Waals surface area contributed by atoms with Crippen molar-refractivity contribution in [2.75, 3.05) is 35.5 Å². The average molecular weight is 416 g/mol. The minimum atomic E-state index is -0.712. The number of hydrogen-bond acceptors (Lipinski definition) is 7. The molecular formula is C23H28O7. The van der Waals surface area contributed by atoms with E-state index in [0.717, 1.165) is 5.56 Å². The van der Waals surface area contributed by atoms with Gasteiger partial charge in [-0.15, -0.1) is 6.58 Å². The van der Waals surface area contributed by atoms with E-state index in [1.54, 1.807) is 27.4 Å². The van der Waals surface area contributed by atoms with Crippen molar-refractivity contribution in [1.29, 1.82) is 0 Å². The standard InChI is InChI=1S/C23H28O7/c1-8-9-23-12-17(27-5)19(24)21(29-7)22(23)30-13(2)18(23)14-10-15(25-3)20(28-6)16(11-14)26-4/h8,10-13,18H,1,9H2,2-7H3. The summed E-state index contributed by atoms with van der Waals surface area (Å²) in [6.45, 7) is 5.90. The Hall–Kier alpha value is -3.09. The van der Waals surface area contributed by atoms with Crippen molar-refractivity contribution >= 4 is 5.78 Å². The van der Waals surface area contributed by atoms with E-state index < -0.39 is 5.41 Å². The van der Waals surface area contributed by atoms with E-state index in [9.17, 15) is 4.79 Å². The number of allylic oxidation sites excluding steroid dienone is 2. The number of fused-ring (bicyclic) bond motifs is 1. The molecule has 162 valence electrons. The van der Waals surface area contributed by atoms with Crippen molar-refractivity contribution in [2.45, 2.75) is 25.4 Å². The zero-order valence-corrected chi connectivity index (χ0v) is 18.2. The summed E-state index contributed by atoms with van der Waals surface area (Å²) in [6, 6.07) is 3.81. The van der Waals surface area contributed by atoms with E-state index in [0.29, 0.717) is 29.4 Å². The molecule has 1 aromatic carbocycles. The van der Waals surface area contributed by atoms with E-state index in [4.69, 9.17) is 28.4 Å². The summed E-state index contributed by atoms with van der Waals surface area (Å²) < 4.78 is 33.6. The minimum absolute atomic E-state index is 0.151. The predicted molar refractivity (Wildman–Crippen MR) is 111 cm³/mol. The van der Waals surface area contributed by atoms with Gasteiger partial charge >= 0.3 is 0 Å². The number of carbonyl (C=O) groups excluding carboxylic acids is 1. The first kappa shape index (κ1) is 21.6. The quantitative estimate of drug-likeness (QED) is 0.598. The Morgan fingerprint density at radius 3 is 2.13 bits per heavy atom. The van der Waals surface area contributed by atoms with E-state index in [2.05, 4.69) is 6.58 Å². The molecule has 7 heteroatoms. The molecular weight excluding hydrogens is 388 g/mol. The third kappa shape index (κ3) is 3.09. The maximum atomic E-state index is 12.8. The fraction of sp³-hybridized carbons (Fsp3) is 0.435. The molecule has 1 aliphatic heterocycles. The summed E-state index contributed by atoms with van der Waals surface area (Å²) in [5.74, 6) is 1.91. The van der Waals surface area contributed by atoms with Crippen LogP contribution in [0.15, 0.2) is 48.1 Å². The lowest BCUT2D eigenvalue weighted by Gasteiger charge is -2.35. The minimum Gasteiger partial charge on any atom is -0.493 e. The van der Waals surface area contributed by atoms with E-state index in [1.165, 1.54) is 14.2 Å². The van der Waals surface area contributed by atoms with Crippen molar-refractivity contribution in [2.24, 2.45) is 5.41 Å². The van der Waals surface area contributed by atoms with Gasteiger partial charge in [-0.05, 0) is 37.1 Å². The molecule has 0 aromatic heterocycles.